The molecule has 0 N–H and O–H groups in total. The van der Waals surface area contributed by atoms with Gasteiger partial charge < -0.3 is 0 Å². The lowest BCUT2D eigenvalue weighted by atomic mass is 10.0. The highest BCUT2D eigenvalue weighted by atomic mass is 79.9. The fourth-order valence-electron chi connectivity index (χ4n) is 1.24. The van der Waals surface area contributed by atoms with Gasteiger partial charge in [-0.25, -0.2) is 4.98 Å². The second-order valence-corrected chi connectivity index (χ2v) is 3.82. The van der Waals surface area contributed by atoms with E-state index in [0.29, 0.717) is 0 Å². The van der Waals surface area contributed by atoms with E-state index in [0.717, 1.165) is 21.6 Å². The maximum atomic E-state index is 4.40. The minimum atomic E-state index is 0.832. The zero-order valence-electron chi connectivity index (χ0n) is 7.74. The van der Waals surface area contributed by atoms with Crippen LogP contribution in [-0.2, 0) is 0 Å². The second-order valence-electron chi connectivity index (χ2n) is 3.01. The van der Waals surface area contributed by atoms with Crippen molar-refractivity contribution in [2.24, 2.45) is 0 Å². The first-order chi connectivity index (χ1) is 6.75. The Bertz CT molecular complexity index is 416. The van der Waals surface area contributed by atoms with Crippen molar-refractivity contribution in [1.29, 1.82) is 0 Å². The van der Waals surface area contributed by atoms with E-state index in [1.807, 2.05) is 44.2 Å². The largest absolute Gasteiger partial charge is 0.262 e. The topological polar surface area (TPSA) is 25.8 Å². The summed E-state index contributed by atoms with van der Waals surface area (Å²) in [6.07, 6.45) is 0. The van der Waals surface area contributed by atoms with Crippen LogP contribution in [0.2, 0.25) is 0 Å². The lowest BCUT2D eigenvalue weighted by molar-refractivity contribution is 1.24. The van der Waals surface area contributed by atoms with Crippen LogP contribution in [-0.4, -0.2) is 17.8 Å². The quantitative estimate of drug-likeness (QED) is 0.558. The monoisotopic (exact) mass is 246 g/mol. The molecule has 0 saturated heterocycles. The summed E-state index contributed by atoms with van der Waals surface area (Å²) in [7, 11) is 1.97. The summed E-state index contributed by atoms with van der Waals surface area (Å²) in [6, 6.07) is 11.7. The van der Waals surface area contributed by atoms with Gasteiger partial charge in [-0.15, -0.1) is 0 Å². The van der Waals surface area contributed by atoms with Crippen molar-refractivity contribution in [3.8, 4) is 11.4 Å². The van der Waals surface area contributed by atoms with Crippen LogP contribution in [0, 0.1) is 0 Å². The number of hydrogen-bond acceptors (Lipinski definition) is 2. The van der Waals surface area contributed by atoms with E-state index in [1.165, 1.54) is 0 Å². The molecule has 2 nitrogen and oxygen atoms in total. The van der Waals surface area contributed by atoms with Crippen molar-refractivity contribution in [1.82, 2.24) is 9.97 Å². The van der Waals surface area contributed by atoms with Gasteiger partial charge in [-0.2, -0.15) is 0 Å². The Morgan fingerprint density at radius 1 is 0.929 bits per heavy atom. The summed E-state index contributed by atoms with van der Waals surface area (Å²) in [5.41, 5.74) is 2.80. The Kier molecular flexibility index (Phi) is 2.63. The molecule has 0 saturated carbocycles. The molecule has 0 atom stereocenters. The molecule has 14 heavy (non-hydrogen) atoms. The van der Waals surface area contributed by atoms with E-state index in [1.54, 1.807) is 0 Å². The van der Waals surface area contributed by atoms with Crippen LogP contribution >= 0.6 is 15.9 Å². The van der Waals surface area contributed by atoms with Crippen molar-refractivity contribution in [3.05, 3.63) is 41.0 Å². The molecule has 0 aromatic carbocycles. The molecule has 0 aliphatic rings. The predicted octanol–water partition coefficient (Wildman–Crippen LogP) is 1.16. The first kappa shape index (κ1) is 9.40. The molecule has 0 aliphatic carbocycles. The molecule has 0 amide bonds. The third-order valence-corrected chi connectivity index (χ3v) is 2.31. The highest BCUT2D eigenvalue weighted by Gasteiger charge is 2.00. The third kappa shape index (κ3) is 2.01. The van der Waals surface area contributed by atoms with Gasteiger partial charge in [0, 0.05) is 0 Å². The summed E-state index contributed by atoms with van der Waals surface area (Å²) in [5, 5.41) is 0. The molecule has 0 fully saturated rings. The fraction of sp³-hybridized carbons (Fsp3) is 0. The molecular formula is C10H8BBrN2. The minimum absolute atomic E-state index is 0.832. The Hall–Kier alpha value is -1.16. The molecule has 68 valence electrons. The normalized spacial score (nSPS) is 10.1. The van der Waals surface area contributed by atoms with E-state index < -0.39 is 0 Å². The van der Waals surface area contributed by atoms with Crippen LogP contribution < -0.4 is 5.59 Å². The van der Waals surface area contributed by atoms with Crippen LogP contribution in [0.3, 0.4) is 0 Å². The molecule has 0 radical (unpaired) electrons. The van der Waals surface area contributed by atoms with Gasteiger partial charge in [0.2, 0.25) is 0 Å². The predicted molar refractivity (Wildman–Crippen MR) is 63.3 cm³/mol. The van der Waals surface area contributed by atoms with Crippen molar-refractivity contribution < 1.29 is 0 Å². The number of hydrogen-bond donors (Lipinski definition) is 0. The lowest BCUT2D eigenvalue weighted by Crippen LogP contribution is -2.07. The van der Waals surface area contributed by atoms with Gasteiger partial charge in [0.25, 0.3) is 0 Å². The molecule has 4 heteroatoms. The number of halogens is 1. The van der Waals surface area contributed by atoms with Crippen LogP contribution in [0.1, 0.15) is 0 Å². The fourth-order valence-corrected chi connectivity index (χ4v) is 1.58. The van der Waals surface area contributed by atoms with E-state index in [9.17, 15) is 0 Å². The molecule has 0 bridgehead atoms. The summed E-state index contributed by atoms with van der Waals surface area (Å²) < 4.78 is 0.832. The van der Waals surface area contributed by atoms with Crippen LogP contribution in [0.25, 0.3) is 11.4 Å². The lowest BCUT2D eigenvalue weighted by Gasteiger charge is -2.01. The SMILES string of the molecule is Bc1cccc(-c2cccc(Br)n2)n1. The van der Waals surface area contributed by atoms with Gasteiger partial charge >= 0.3 is 0 Å². The Labute approximate surface area is 91.9 Å². The van der Waals surface area contributed by atoms with Gasteiger partial charge in [-0.05, 0) is 39.7 Å². The first-order valence-electron chi connectivity index (χ1n) is 4.32. The standard InChI is InChI=1S/C10H8BBrN2/c11-9-5-1-3-7(13-9)8-4-2-6-10(12)14-8/h1-6H,11H2. The van der Waals surface area contributed by atoms with E-state index in [2.05, 4.69) is 25.9 Å². The molecule has 0 aliphatic heterocycles. The van der Waals surface area contributed by atoms with Gasteiger partial charge in [0.05, 0.1) is 11.4 Å². The summed E-state index contributed by atoms with van der Waals surface area (Å²) >= 11 is 3.34. The Morgan fingerprint density at radius 2 is 1.57 bits per heavy atom. The van der Waals surface area contributed by atoms with Crippen molar-refractivity contribution >= 4 is 29.4 Å². The van der Waals surface area contributed by atoms with E-state index in [4.69, 9.17) is 0 Å². The van der Waals surface area contributed by atoms with Gasteiger partial charge in [0.15, 0.2) is 7.85 Å². The molecular weight excluding hydrogens is 239 g/mol. The Morgan fingerprint density at radius 3 is 2.21 bits per heavy atom. The van der Waals surface area contributed by atoms with Gasteiger partial charge in [0.1, 0.15) is 4.60 Å². The van der Waals surface area contributed by atoms with Crippen molar-refractivity contribution in [2.75, 3.05) is 0 Å². The highest BCUT2D eigenvalue weighted by molar-refractivity contribution is 9.10. The Balaban J connectivity index is 2.49. The second kappa shape index (κ2) is 3.92. The summed E-state index contributed by atoms with van der Waals surface area (Å²) in [4.78, 5) is 8.74. The number of nitrogens with zero attached hydrogens (tertiary/aromatic N) is 2. The first-order valence-corrected chi connectivity index (χ1v) is 5.11. The molecule has 2 heterocycles. The highest BCUT2D eigenvalue weighted by Crippen LogP contribution is 2.15. The summed E-state index contributed by atoms with van der Waals surface area (Å²) in [6.45, 7) is 0. The maximum Gasteiger partial charge on any atom is 0.163 e. The zero-order chi connectivity index (χ0) is 9.97. The summed E-state index contributed by atoms with van der Waals surface area (Å²) in [5.74, 6) is 0. The van der Waals surface area contributed by atoms with Gasteiger partial charge in [-0.3, -0.25) is 4.98 Å². The van der Waals surface area contributed by atoms with Crippen molar-refractivity contribution in [3.63, 3.8) is 0 Å². The smallest absolute Gasteiger partial charge is 0.163 e. The number of aromatic nitrogens is 2. The molecule has 2 aromatic rings. The van der Waals surface area contributed by atoms with Crippen molar-refractivity contribution in [2.45, 2.75) is 0 Å². The van der Waals surface area contributed by atoms with Crippen LogP contribution in [0.15, 0.2) is 41.0 Å². The zero-order valence-corrected chi connectivity index (χ0v) is 9.32. The molecule has 0 spiro atoms. The third-order valence-electron chi connectivity index (χ3n) is 1.87. The molecule has 2 rings (SSSR count). The van der Waals surface area contributed by atoms with Gasteiger partial charge in [-0.1, -0.05) is 18.2 Å². The average molecular weight is 247 g/mol. The average Bonchev–Trinajstić information content (AvgIpc) is 2.18. The van der Waals surface area contributed by atoms with Crippen LogP contribution in [0.4, 0.5) is 0 Å². The maximum absolute atomic E-state index is 4.40. The minimum Gasteiger partial charge on any atom is -0.262 e. The van der Waals surface area contributed by atoms with Crippen LogP contribution in [0.5, 0.6) is 0 Å². The molecule has 0 unspecified atom stereocenters. The van der Waals surface area contributed by atoms with E-state index >= 15 is 0 Å². The number of pyridine rings is 2. The number of rotatable bonds is 1. The van der Waals surface area contributed by atoms with E-state index in [-0.39, 0.29) is 0 Å². The molecule has 2 aromatic heterocycles.